The van der Waals surface area contributed by atoms with Crippen molar-refractivity contribution < 1.29 is 19.0 Å². The van der Waals surface area contributed by atoms with Gasteiger partial charge in [-0.1, -0.05) is 15.9 Å². The van der Waals surface area contributed by atoms with E-state index in [4.69, 9.17) is 14.2 Å². The van der Waals surface area contributed by atoms with Crippen molar-refractivity contribution in [2.75, 3.05) is 27.4 Å². The van der Waals surface area contributed by atoms with E-state index in [9.17, 15) is 4.79 Å². The maximum absolute atomic E-state index is 11.2. The Morgan fingerprint density at radius 3 is 2.52 bits per heavy atom. The van der Waals surface area contributed by atoms with E-state index in [1.54, 1.807) is 14.2 Å². The average Bonchev–Trinajstić information content (AvgIpc) is 2.48. The molecule has 118 valence electrons. The van der Waals surface area contributed by atoms with E-state index in [2.05, 4.69) is 21.2 Å². The van der Waals surface area contributed by atoms with Crippen LogP contribution in [0, 0.1) is 0 Å². The fourth-order valence-electron chi connectivity index (χ4n) is 1.85. The molecule has 0 unspecified atom stereocenters. The van der Waals surface area contributed by atoms with E-state index >= 15 is 0 Å². The van der Waals surface area contributed by atoms with E-state index in [1.165, 1.54) is 0 Å². The second-order valence-electron chi connectivity index (χ2n) is 4.38. The van der Waals surface area contributed by atoms with Crippen LogP contribution in [0.2, 0.25) is 0 Å². The molecule has 0 aromatic heterocycles. The molecule has 1 aromatic carbocycles. The molecule has 0 aliphatic heterocycles. The number of carbonyl (C=O) groups is 1. The Morgan fingerprint density at radius 2 is 1.90 bits per heavy atom. The lowest BCUT2D eigenvalue weighted by molar-refractivity contribution is -0.143. The highest BCUT2D eigenvalue weighted by atomic mass is 79.9. The first kappa shape index (κ1) is 17.8. The van der Waals surface area contributed by atoms with Crippen molar-refractivity contribution in [3.63, 3.8) is 0 Å². The van der Waals surface area contributed by atoms with Crippen LogP contribution in [0.4, 0.5) is 0 Å². The van der Waals surface area contributed by atoms with Crippen molar-refractivity contribution in [3.05, 3.63) is 22.2 Å². The maximum Gasteiger partial charge on any atom is 0.305 e. The first-order valence-corrected chi connectivity index (χ1v) is 7.68. The molecule has 5 nitrogen and oxygen atoms in total. The minimum absolute atomic E-state index is 0.147. The van der Waals surface area contributed by atoms with Gasteiger partial charge in [-0.05, 0) is 37.6 Å². The Hall–Kier alpha value is -1.27. The lowest BCUT2D eigenvalue weighted by Gasteiger charge is -2.12. The zero-order chi connectivity index (χ0) is 15.7. The third kappa shape index (κ3) is 5.93. The van der Waals surface area contributed by atoms with Gasteiger partial charge in [0.1, 0.15) is 0 Å². The van der Waals surface area contributed by atoms with Crippen LogP contribution in [-0.4, -0.2) is 33.3 Å². The molecule has 0 aliphatic rings. The van der Waals surface area contributed by atoms with E-state index in [1.807, 2.05) is 19.1 Å². The summed E-state index contributed by atoms with van der Waals surface area (Å²) in [4.78, 5) is 11.2. The van der Waals surface area contributed by atoms with Gasteiger partial charge < -0.3 is 19.5 Å². The van der Waals surface area contributed by atoms with Crippen LogP contribution >= 0.6 is 15.9 Å². The molecule has 6 heteroatoms. The molecule has 21 heavy (non-hydrogen) atoms. The Morgan fingerprint density at radius 1 is 1.24 bits per heavy atom. The summed E-state index contributed by atoms with van der Waals surface area (Å²) in [5.74, 6) is 1.24. The molecule has 0 heterocycles. The molecule has 0 atom stereocenters. The number of hydrogen-bond acceptors (Lipinski definition) is 5. The Kier molecular flexibility index (Phi) is 8.15. The summed E-state index contributed by atoms with van der Waals surface area (Å²) in [6, 6.07) is 3.82. The number of rotatable bonds is 9. The molecule has 0 saturated heterocycles. The van der Waals surface area contributed by atoms with Crippen molar-refractivity contribution in [3.8, 4) is 11.5 Å². The molecule has 0 amide bonds. The van der Waals surface area contributed by atoms with Gasteiger partial charge in [-0.25, -0.2) is 0 Å². The smallest absolute Gasteiger partial charge is 0.305 e. The van der Waals surface area contributed by atoms with Crippen molar-refractivity contribution in [2.24, 2.45) is 0 Å². The summed E-state index contributed by atoms with van der Waals surface area (Å²) in [5, 5.41) is 3.29. The first-order valence-electron chi connectivity index (χ1n) is 6.89. The Labute approximate surface area is 134 Å². The topological polar surface area (TPSA) is 56.8 Å². The van der Waals surface area contributed by atoms with E-state index in [0.29, 0.717) is 31.1 Å². The zero-order valence-electron chi connectivity index (χ0n) is 12.7. The molecular weight excluding hydrogens is 338 g/mol. The van der Waals surface area contributed by atoms with E-state index in [-0.39, 0.29) is 5.97 Å². The van der Waals surface area contributed by atoms with Crippen LogP contribution < -0.4 is 14.8 Å². The Balaban J connectivity index is 2.43. The number of esters is 1. The largest absolute Gasteiger partial charge is 0.493 e. The number of ether oxygens (including phenoxy) is 3. The quantitative estimate of drug-likeness (QED) is 0.542. The predicted octanol–water partition coefficient (Wildman–Crippen LogP) is 2.90. The number of hydrogen-bond donors (Lipinski definition) is 1. The van der Waals surface area contributed by atoms with Crippen LogP contribution in [0.15, 0.2) is 16.6 Å². The van der Waals surface area contributed by atoms with Crippen molar-refractivity contribution in [1.29, 1.82) is 0 Å². The number of methoxy groups -OCH3 is 2. The van der Waals surface area contributed by atoms with E-state index < -0.39 is 0 Å². The molecule has 0 saturated carbocycles. The molecule has 1 N–H and O–H groups in total. The van der Waals surface area contributed by atoms with Crippen LogP contribution in [-0.2, 0) is 16.1 Å². The molecule has 0 bridgehead atoms. The van der Waals surface area contributed by atoms with Crippen molar-refractivity contribution in [1.82, 2.24) is 5.32 Å². The lowest BCUT2D eigenvalue weighted by Crippen LogP contribution is -2.16. The van der Waals surface area contributed by atoms with Crippen molar-refractivity contribution in [2.45, 2.75) is 26.3 Å². The molecule has 0 aliphatic carbocycles. The zero-order valence-corrected chi connectivity index (χ0v) is 14.3. The summed E-state index contributed by atoms with van der Waals surface area (Å²) >= 11 is 3.51. The standard InChI is InChI=1S/C15H22BrNO4/c1-4-21-15(18)6-5-7-17-10-11-8-13(19-2)14(20-3)9-12(11)16/h8-9,17H,4-7,10H2,1-3H3. The van der Waals surface area contributed by atoms with E-state index in [0.717, 1.165) is 23.0 Å². The summed E-state index contributed by atoms with van der Waals surface area (Å²) < 4.78 is 16.4. The third-order valence-corrected chi connectivity index (χ3v) is 3.65. The number of benzene rings is 1. The van der Waals surface area contributed by atoms with Gasteiger partial charge in [-0.2, -0.15) is 0 Å². The highest BCUT2D eigenvalue weighted by molar-refractivity contribution is 9.10. The molecule has 1 aromatic rings. The second-order valence-corrected chi connectivity index (χ2v) is 5.24. The van der Waals surface area contributed by atoms with Gasteiger partial charge in [0.25, 0.3) is 0 Å². The molecule has 0 radical (unpaired) electrons. The van der Waals surface area contributed by atoms with Crippen molar-refractivity contribution >= 4 is 21.9 Å². The summed E-state index contributed by atoms with van der Waals surface area (Å²) in [7, 11) is 3.22. The Bertz CT molecular complexity index is 465. The SMILES string of the molecule is CCOC(=O)CCCNCc1cc(OC)c(OC)cc1Br. The number of carbonyl (C=O) groups excluding carboxylic acids is 1. The molecule has 0 spiro atoms. The van der Waals surface area contributed by atoms with Gasteiger partial charge in [0.2, 0.25) is 0 Å². The lowest BCUT2D eigenvalue weighted by atomic mass is 10.2. The summed E-state index contributed by atoms with van der Waals surface area (Å²) in [6.07, 6.45) is 1.19. The predicted molar refractivity (Wildman–Crippen MR) is 84.8 cm³/mol. The third-order valence-electron chi connectivity index (χ3n) is 2.91. The number of halogens is 1. The van der Waals surface area contributed by atoms with Crippen LogP contribution in [0.25, 0.3) is 0 Å². The van der Waals surface area contributed by atoms with Gasteiger partial charge in [0, 0.05) is 17.4 Å². The monoisotopic (exact) mass is 359 g/mol. The summed E-state index contributed by atoms with van der Waals surface area (Å²) in [5.41, 5.74) is 1.07. The van der Waals surface area contributed by atoms with Gasteiger partial charge in [-0.15, -0.1) is 0 Å². The second kappa shape index (κ2) is 9.63. The average molecular weight is 360 g/mol. The first-order chi connectivity index (χ1) is 10.1. The number of nitrogens with one attached hydrogen (secondary N) is 1. The minimum Gasteiger partial charge on any atom is -0.493 e. The van der Waals surface area contributed by atoms with Gasteiger partial charge in [-0.3, -0.25) is 4.79 Å². The molecule has 0 fully saturated rings. The summed E-state index contributed by atoms with van der Waals surface area (Å²) in [6.45, 7) is 3.68. The van der Waals surface area contributed by atoms with Gasteiger partial charge in [0.15, 0.2) is 11.5 Å². The van der Waals surface area contributed by atoms with Crippen LogP contribution in [0.1, 0.15) is 25.3 Å². The normalized spacial score (nSPS) is 10.3. The van der Waals surface area contributed by atoms with Gasteiger partial charge >= 0.3 is 5.97 Å². The fourth-order valence-corrected chi connectivity index (χ4v) is 2.31. The van der Waals surface area contributed by atoms with Gasteiger partial charge in [0.05, 0.1) is 20.8 Å². The van der Waals surface area contributed by atoms with Crippen LogP contribution in [0.3, 0.4) is 0 Å². The molecular formula is C15H22BrNO4. The highest BCUT2D eigenvalue weighted by Crippen LogP contribution is 2.33. The maximum atomic E-state index is 11.2. The molecule has 1 rings (SSSR count). The fraction of sp³-hybridized carbons (Fsp3) is 0.533. The van der Waals surface area contributed by atoms with Crippen LogP contribution in [0.5, 0.6) is 11.5 Å². The highest BCUT2D eigenvalue weighted by Gasteiger charge is 2.09. The minimum atomic E-state index is -0.147.